The summed E-state index contributed by atoms with van der Waals surface area (Å²) in [5.41, 5.74) is 0.0360. The average Bonchev–Trinajstić information content (AvgIpc) is 2.70. The maximum absolute atomic E-state index is 14.8. The van der Waals surface area contributed by atoms with Gasteiger partial charge in [-0.15, -0.1) is 0 Å². The fourth-order valence-electron chi connectivity index (χ4n) is 5.87. The lowest BCUT2D eigenvalue weighted by molar-refractivity contribution is -0.160. The normalized spacial score (nSPS) is 28.8. The summed E-state index contributed by atoms with van der Waals surface area (Å²) in [6, 6.07) is 4.73. The topological polar surface area (TPSA) is 49.9 Å². The van der Waals surface area contributed by atoms with Crippen LogP contribution in [0.2, 0.25) is 5.02 Å². The van der Waals surface area contributed by atoms with Gasteiger partial charge in [0.05, 0.1) is 18.1 Å². The number of carbonyl (C=O) groups is 2. The predicted octanol–water partition coefficient (Wildman–Crippen LogP) is 4.40. The zero-order chi connectivity index (χ0) is 23.3. The Balaban J connectivity index is 1.52. The van der Waals surface area contributed by atoms with Crippen LogP contribution in [0.1, 0.15) is 51.5 Å². The number of ether oxygens (including phenoxy) is 1. The van der Waals surface area contributed by atoms with Gasteiger partial charge < -0.3 is 14.5 Å². The SMILES string of the molecule is C=CC(=O)N1CC2(CCN(C(=O)[C@H]3COC(C)(C)C[C@@H]3c3c(F)cccc3Cl)[C@@H](C)C2)C1. The molecule has 3 aliphatic rings. The molecule has 0 unspecified atom stereocenters. The number of carbonyl (C=O) groups excluding carboxylic acids is 2. The van der Waals surface area contributed by atoms with Crippen molar-refractivity contribution in [2.24, 2.45) is 11.3 Å². The van der Waals surface area contributed by atoms with E-state index in [1.54, 1.807) is 12.1 Å². The molecule has 2 amide bonds. The third-order valence-corrected chi connectivity index (χ3v) is 7.83. The minimum atomic E-state index is -0.478. The van der Waals surface area contributed by atoms with Crippen LogP contribution in [0.3, 0.4) is 0 Å². The summed E-state index contributed by atoms with van der Waals surface area (Å²) >= 11 is 6.41. The van der Waals surface area contributed by atoms with Gasteiger partial charge in [0.1, 0.15) is 5.82 Å². The largest absolute Gasteiger partial charge is 0.375 e. The standard InChI is InChI=1S/C25H32ClFN2O3/c1-5-21(30)28-14-25(15-28)9-10-29(16(2)11-25)23(31)18-13-32-24(3,4)12-17(18)22-19(26)7-6-8-20(22)27/h5-8,16-18H,1,9-15H2,2-4H3/t16-,17-,18-/m0/s1. The molecular weight excluding hydrogens is 431 g/mol. The number of amides is 2. The molecule has 5 nitrogen and oxygen atoms in total. The molecule has 3 atom stereocenters. The molecule has 3 heterocycles. The van der Waals surface area contributed by atoms with Crippen LogP contribution in [-0.2, 0) is 14.3 Å². The van der Waals surface area contributed by atoms with Gasteiger partial charge in [0.2, 0.25) is 11.8 Å². The van der Waals surface area contributed by atoms with Crippen LogP contribution in [0.5, 0.6) is 0 Å². The van der Waals surface area contributed by atoms with Gasteiger partial charge in [-0.05, 0) is 58.2 Å². The lowest BCUT2D eigenvalue weighted by Crippen LogP contribution is -2.64. The average molecular weight is 463 g/mol. The van der Waals surface area contributed by atoms with Gasteiger partial charge in [-0.1, -0.05) is 24.2 Å². The summed E-state index contributed by atoms with van der Waals surface area (Å²) in [6.07, 6.45) is 3.58. The van der Waals surface area contributed by atoms with E-state index in [0.717, 1.165) is 25.9 Å². The molecule has 4 rings (SSSR count). The van der Waals surface area contributed by atoms with Crippen molar-refractivity contribution in [2.75, 3.05) is 26.2 Å². The van der Waals surface area contributed by atoms with Gasteiger partial charge in [-0.25, -0.2) is 4.39 Å². The second-order valence-corrected chi connectivity index (χ2v) is 10.8. The monoisotopic (exact) mass is 462 g/mol. The van der Waals surface area contributed by atoms with Crippen LogP contribution >= 0.6 is 11.6 Å². The van der Waals surface area contributed by atoms with E-state index < -0.39 is 11.5 Å². The number of hydrogen-bond acceptors (Lipinski definition) is 3. The highest BCUT2D eigenvalue weighted by molar-refractivity contribution is 6.31. The van der Waals surface area contributed by atoms with E-state index in [1.165, 1.54) is 12.1 Å². The number of likely N-dealkylation sites (tertiary alicyclic amines) is 2. The van der Waals surface area contributed by atoms with Crippen molar-refractivity contribution in [2.45, 2.75) is 57.6 Å². The maximum Gasteiger partial charge on any atom is 0.245 e. The highest BCUT2D eigenvalue weighted by atomic mass is 35.5. The summed E-state index contributed by atoms with van der Waals surface area (Å²) in [6.45, 7) is 11.9. The van der Waals surface area contributed by atoms with Crippen LogP contribution in [0.25, 0.3) is 0 Å². The second-order valence-electron chi connectivity index (χ2n) is 10.4. The molecule has 0 N–H and O–H groups in total. The van der Waals surface area contributed by atoms with Crippen LogP contribution in [0.4, 0.5) is 4.39 Å². The summed E-state index contributed by atoms with van der Waals surface area (Å²) in [5.74, 6) is -1.22. The predicted molar refractivity (Wildman–Crippen MR) is 122 cm³/mol. The van der Waals surface area contributed by atoms with Crippen molar-refractivity contribution in [3.05, 3.63) is 47.3 Å². The van der Waals surface area contributed by atoms with E-state index >= 15 is 0 Å². The van der Waals surface area contributed by atoms with E-state index in [-0.39, 0.29) is 41.6 Å². The Morgan fingerprint density at radius 2 is 2.00 bits per heavy atom. The number of halogens is 2. The molecule has 3 fully saturated rings. The summed E-state index contributed by atoms with van der Waals surface area (Å²) in [7, 11) is 0. The molecule has 1 spiro atoms. The quantitative estimate of drug-likeness (QED) is 0.625. The fourth-order valence-corrected chi connectivity index (χ4v) is 6.17. The zero-order valence-corrected chi connectivity index (χ0v) is 19.8. The minimum Gasteiger partial charge on any atom is -0.375 e. The van der Waals surface area contributed by atoms with Crippen LogP contribution in [0.15, 0.2) is 30.9 Å². The number of piperidine rings is 1. The Bertz CT molecular complexity index is 908. The Morgan fingerprint density at radius 3 is 2.62 bits per heavy atom. The third kappa shape index (κ3) is 4.19. The van der Waals surface area contributed by atoms with Crippen molar-refractivity contribution < 1.29 is 18.7 Å². The molecule has 0 aromatic heterocycles. The lowest BCUT2D eigenvalue weighted by atomic mass is 9.69. The second kappa shape index (κ2) is 8.45. The van der Waals surface area contributed by atoms with Crippen LogP contribution < -0.4 is 0 Å². The van der Waals surface area contributed by atoms with Gasteiger partial charge in [0.15, 0.2) is 0 Å². The van der Waals surface area contributed by atoms with Gasteiger partial charge in [0, 0.05) is 47.6 Å². The van der Waals surface area contributed by atoms with Gasteiger partial charge in [-0.3, -0.25) is 9.59 Å². The molecule has 0 radical (unpaired) electrons. The Kier molecular flexibility index (Phi) is 6.14. The van der Waals surface area contributed by atoms with E-state index in [2.05, 4.69) is 13.5 Å². The molecule has 3 aliphatic heterocycles. The third-order valence-electron chi connectivity index (χ3n) is 7.50. The van der Waals surface area contributed by atoms with E-state index in [4.69, 9.17) is 16.3 Å². The number of hydrogen-bond donors (Lipinski definition) is 0. The first-order valence-corrected chi connectivity index (χ1v) is 11.7. The van der Waals surface area contributed by atoms with Crippen molar-refractivity contribution >= 4 is 23.4 Å². The highest BCUT2D eigenvalue weighted by Gasteiger charge is 2.51. The van der Waals surface area contributed by atoms with E-state index in [0.29, 0.717) is 23.6 Å². The van der Waals surface area contributed by atoms with Crippen molar-refractivity contribution in [3.8, 4) is 0 Å². The van der Waals surface area contributed by atoms with Crippen molar-refractivity contribution in [3.63, 3.8) is 0 Å². The molecule has 1 aromatic rings. The maximum atomic E-state index is 14.8. The van der Waals surface area contributed by atoms with Crippen molar-refractivity contribution in [1.29, 1.82) is 0 Å². The summed E-state index contributed by atoms with van der Waals surface area (Å²) in [4.78, 5) is 29.3. The fraction of sp³-hybridized carbons (Fsp3) is 0.600. The van der Waals surface area contributed by atoms with Gasteiger partial charge in [-0.2, -0.15) is 0 Å². The molecule has 1 aromatic carbocycles. The number of nitrogens with zero attached hydrogens (tertiary/aromatic N) is 2. The molecule has 0 aliphatic carbocycles. The smallest absolute Gasteiger partial charge is 0.245 e. The summed E-state index contributed by atoms with van der Waals surface area (Å²) < 4.78 is 20.9. The molecule has 174 valence electrons. The van der Waals surface area contributed by atoms with Crippen molar-refractivity contribution in [1.82, 2.24) is 9.80 Å². The molecular formula is C25H32ClFN2O3. The van der Waals surface area contributed by atoms with Gasteiger partial charge in [0.25, 0.3) is 0 Å². The first kappa shape index (κ1) is 23.2. The Hall–Kier alpha value is -1.92. The van der Waals surface area contributed by atoms with E-state index in [1.807, 2.05) is 23.6 Å². The molecule has 0 bridgehead atoms. The number of rotatable bonds is 3. The zero-order valence-electron chi connectivity index (χ0n) is 19.1. The van der Waals surface area contributed by atoms with Crippen LogP contribution in [-0.4, -0.2) is 59.5 Å². The first-order valence-electron chi connectivity index (χ1n) is 11.4. The lowest BCUT2D eigenvalue weighted by Gasteiger charge is -2.56. The first-order chi connectivity index (χ1) is 15.1. The highest BCUT2D eigenvalue weighted by Crippen LogP contribution is 2.46. The Morgan fingerprint density at radius 1 is 1.28 bits per heavy atom. The van der Waals surface area contributed by atoms with Gasteiger partial charge >= 0.3 is 0 Å². The Labute approximate surface area is 194 Å². The molecule has 7 heteroatoms. The molecule has 32 heavy (non-hydrogen) atoms. The molecule has 0 saturated carbocycles. The van der Waals surface area contributed by atoms with Crippen LogP contribution in [0, 0.1) is 17.2 Å². The molecule has 3 saturated heterocycles. The summed E-state index contributed by atoms with van der Waals surface area (Å²) in [5, 5.41) is 0.359. The number of benzene rings is 1. The minimum absolute atomic E-state index is 0.00511. The van der Waals surface area contributed by atoms with E-state index in [9.17, 15) is 14.0 Å².